The van der Waals surface area contributed by atoms with E-state index < -0.39 is 0 Å². The van der Waals surface area contributed by atoms with E-state index in [-0.39, 0.29) is 23.9 Å². The minimum Gasteiger partial charge on any atom is -0.364 e. The van der Waals surface area contributed by atoms with E-state index >= 15 is 0 Å². The Hall–Kier alpha value is -4.45. The molecule has 4 aliphatic heterocycles. The maximum atomic E-state index is 5.03. The van der Waals surface area contributed by atoms with Gasteiger partial charge >= 0.3 is 0 Å². The van der Waals surface area contributed by atoms with Gasteiger partial charge in [0.2, 0.25) is 0 Å². The van der Waals surface area contributed by atoms with Crippen LogP contribution in [0.5, 0.6) is 0 Å². The van der Waals surface area contributed by atoms with Crippen LogP contribution in [0, 0.1) is 0 Å². The van der Waals surface area contributed by atoms with E-state index in [4.69, 9.17) is 11.6 Å². The number of benzene rings is 3. The van der Waals surface area contributed by atoms with Gasteiger partial charge in [-0.1, -0.05) is 75.0 Å². The maximum absolute atomic E-state index is 5.03. The summed E-state index contributed by atoms with van der Waals surface area (Å²) in [5, 5.41) is 3.65. The molecule has 40 heavy (non-hydrogen) atoms. The standard InChI is InChI=1S/C34H36N6/c1-5-34(6-2)24(3)26-16-10-12-18-28(26)40-31-30(35-20-21-36-31)39(25-14-8-7-9-15-25)33(40)32-37(4)22-23-38(32)29-19-13-11-17-27(29)34/h7-23,30,32-33,35H,3,5-6H2,1-2,4H3. The number of allylic oxidation sites excluding steroid dienone is 1. The number of hydrogen-bond acceptors (Lipinski definition) is 6. The fraction of sp³-hybridized carbons (Fsp3) is 0.265. The largest absolute Gasteiger partial charge is 0.364 e. The predicted molar refractivity (Wildman–Crippen MR) is 166 cm³/mol. The lowest BCUT2D eigenvalue weighted by Crippen LogP contribution is -2.59. The van der Waals surface area contributed by atoms with Crippen LogP contribution in [0.15, 0.2) is 115 Å². The van der Waals surface area contributed by atoms with Crippen LogP contribution >= 0.6 is 0 Å². The highest BCUT2D eigenvalue weighted by Gasteiger charge is 2.54. The molecule has 0 spiro atoms. The number of nitrogens with zero attached hydrogens (tertiary/aromatic N) is 5. The lowest BCUT2D eigenvalue weighted by atomic mass is 9.67. The number of anilines is 3. The number of nitrogens with one attached hydrogen (secondary N) is 1. The van der Waals surface area contributed by atoms with Crippen LogP contribution in [-0.4, -0.2) is 36.3 Å². The van der Waals surface area contributed by atoms with E-state index in [1.165, 1.54) is 16.8 Å². The third-order valence-corrected chi connectivity index (χ3v) is 9.31. The molecule has 3 aromatic carbocycles. The van der Waals surface area contributed by atoms with Gasteiger partial charge in [-0.15, -0.1) is 0 Å². The smallest absolute Gasteiger partial charge is 0.161 e. The molecule has 0 bridgehead atoms. The molecule has 3 aromatic rings. The summed E-state index contributed by atoms with van der Waals surface area (Å²) >= 11 is 0. The summed E-state index contributed by atoms with van der Waals surface area (Å²) in [6.07, 6.45) is 9.95. The first kappa shape index (κ1) is 24.6. The average molecular weight is 529 g/mol. The monoisotopic (exact) mass is 528 g/mol. The number of para-hydroxylation sites is 3. The van der Waals surface area contributed by atoms with E-state index in [1.807, 2.05) is 12.4 Å². The number of amidine groups is 1. The van der Waals surface area contributed by atoms with Crippen molar-refractivity contribution in [2.75, 3.05) is 21.7 Å². The fourth-order valence-electron chi connectivity index (χ4n) is 7.30. The van der Waals surface area contributed by atoms with Gasteiger partial charge in [-0.25, -0.2) is 4.99 Å². The summed E-state index contributed by atoms with van der Waals surface area (Å²) < 4.78 is 0. The Balaban J connectivity index is 1.57. The highest BCUT2D eigenvalue weighted by atomic mass is 15.6. The van der Waals surface area contributed by atoms with Crippen molar-refractivity contribution in [3.63, 3.8) is 0 Å². The number of hydrogen-bond donors (Lipinski definition) is 1. The molecular weight excluding hydrogens is 492 g/mol. The minimum absolute atomic E-state index is 0.0257. The molecular formula is C34H36N6. The first-order chi connectivity index (χ1) is 19.6. The van der Waals surface area contributed by atoms with Crippen LogP contribution in [-0.2, 0) is 5.41 Å². The second-order valence-electron chi connectivity index (χ2n) is 11.0. The summed E-state index contributed by atoms with van der Waals surface area (Å²) in [7, 11) is 2.18. The Morgan fingerprint density at radius 1 is 0.850 bits per heavy atom. The molecule has 1 saturated heterocycles. The summed E-state index contributed by atoms with van der Waals surface area (Å²) in [4.78, 5) is 14.8. The minimum atomic E-state index is -0.218. The Bertz CT molecular complexity index is 1530. The van der Waals surface area contributed by atoms with Crippen molar-refractivity contribution in [3.8, 4) is 0 Å². The van der Waals surface area contributed by atoms with Crippen LogP contribution in [0.25, 0.3) is 5.57 Å². The second kappa shape index (κ2) is 9.33. The molecule has 3 unspecified atom stereocenters. The summed E-state index contributed by atoms with van der Waals surface area (Å²) in [6.45, 7) is 9.46. The van der Waals surface area contributed by atoms with E-state index in [9.17, 15) is 0 Å². The molecule has 7 rings (SSSR count). The van der Waals surface area contributed by atoms with Gasteiger partial charge in [0.15, 0.2) is 12.0 Å². The molecule has 3 atom stereocenters. The normalized spacial score (nSPS) is 24.0. The predicted octanol–water partition coefficient (Wildman–Crippen LogP) is 6.47. The van der Waals surface area contributed by atoms with Crippen molar-refractivity contribution in [2.45, 2.75) is 50.6 Å². The lowest BCUT2D eigenvalue weighted by Gasteiger charge is -2.47. The fourth-order valence-corrected chi connectivity index (χ4v) is 7.30. The first-order valence-electron chi connectivity index (χ1n) is 14.3. The van der Waals surface area contributed by atoms with E-state index in [1.54, 1.807) is 0 Å². The number of aliphatic imine (C=N–C) groups is 1. The molecule has 0 radical (unpaired) electrons. The Morgan fingerprint density at radius 2 is 1.55 bits per heavy atom. The molecule has 4 aliphatic rings. The van der Waals surface area contributed by atoms with Crippen LogP contribution in [0.3, 0.4) is 0 Å². The Kier molecular flexibility index (Phi) is 5.74. The van der Waals surface area contributed by atoms with Crippen molar-refractivity contribution >= 4 is 28.5 Å². The quantitative estimate of drug-likeness (QED) is 0.422. The van der Waals surface area contributed by atoms with Gasteiger partial charge in [0.05, 0.1) is 5.69 Å². The molecule has 0 aromatic heterocycles. The number of likely N-dealkylation sites (N-methyl/N-ethyl adjacent to an activating group) is 1. The second-order valence-corrected chi connectivity index (χ2v) is 11.0. The first-order valence-corrected chi connectivity index (χ1v) is 14.3. The Morgan fingerprint density at radius 3 is 2.33 bits per heavy atom. The van der Waals surface area contributed by atoms with Crippen LogP contribution in [0.2, 0.25) is 0 Å². The van der Waals surface area contributed by atoms with E-state index in [2.05, 4.69) is 137 Å². The zero-order valence-corrected chi connectivity index (χ0v) is 23.4. The Labute approximate surface area is 237 Å². The van der Waals surface area contributed by atoms with Crippen LogP contribution < -0.4 is 20.0 Å². The van der Waals surface area contributed by atoms with Gasteiger partial charge in [-0.3, -0.25) is 0 Å². The van der Waals surface area contributed by atoms with E-state index in [0.717, 1.165) is 35.6 Å². The van der Waals surface area contributed by atoms with Crippen molar-refractivity contribution in [1.82, 2.24) is 10.2 Å². The number of fused-ring (bicyclic) bond motifs is 9. The highest BCUT2D eigenvalue weighted by Crippen LogP contribution is 2.52. The molecule has 6 nitrogen and oxygen atoms in total. The molecule has 6 heteroatoms. The SMILES string of the molecule is C=C1c2ccccc2N2C3=NC=CNC3N(c3ccccc3)C2C2N(C)C=CN2c2ccccc2C1(CC)CC. The molecule has 0 saturated carbocycles. The summed E-state index contributed by atoms with van der Waals surface area (Å²) in [5.41, 5.74) is 6.97. The van der Waals surface area contributed by atoms with Crippen molar-refractivity contribution in [2.24, 2.45) is 4.99 Å². The third-order valence-electron chi connectivity index (χ3n) is 9.31. The van der Waals surface area contributed by atoms with Crippen LogP contribution in [0.4, 0.5) is 17.1 Å². The zero-order chi connectivity index (χ0) is 27.4. The lowest BCUT2D eigenvalue weighted by molar-refractivity contribution is 0.304. The molecule has 4 heterocycles. The van der Waals surface area contributed by atoms with Gasteiger partial charge in [0, 0.05) is 54.2 Å². The third kappa shape index (κ3) is 3.32. The van der Waals surface area contributed by atoms with Gasteiger partial charge in [0.1, 0.15) is 12.3 Å². The van der Waals surface area contributed by atoms with Gasteiger partial charge < -0.3 is 24.9 Å². The van der Waals surface area contributed by atoms with Crippen molar-refractivity contribution in [1.29, 1.82) is 0 Å². The molecule has 1 fully saturated rings. The average Bonchev–Trinajstić information content (AvgIpc) is 3.55. The van der Waals surface area contributed by atoms with Crippen LogP contribution in [0.1, 0.15) is 37.8 Å². The summed E-state index contributed by atoms with van der Waals surface area (Å²) in [6, 6.07) is 28.4. The van der Waals surface area contributed by atoms with Crippen molar-refractivity contribution < 1.29 is 0 Å². The van der Waals surface area contributed by atoms with Gasteiger partial charge in [-0.05, 0) is 48.2 Å². The highest BCUT2D eigenvalue weighted by molar-refractivity contribution is 6.10. The summed E-state index contributed by atoms with van der Waals surface area (Å²) in [5.74, 6) is 0.990. The topological polar surface area (TPSA) is 37.4 Å². The molecule has 1 N–H and O–H groups in total. The van der Waals surface area contributed by atoms with Crippen molar-refractivity contribution in [3.05, 3.63) is 121 Å². The molecule has 0 amide bonds. The maximum Gasteiger partial charge on any atom is 0.161 e. The number of rotatable bonds is 3. The van der Waals surface area contributed by atoms with Gasteiger partial charge in [-0.2, -0.15) is 0 Å². The molecule has 202 valence electrons. The molecule has 0 aliphatic carbocycles. The van der Waals surface area contributed by atoms with E-state index in [0.29, 0.717) is 0 Å². The van der Waals surface area contributed by atoms with Gasteiger partial charge in [0.25, 0.3) is 0 Å². The zero-order valence-electron chi connectivity index (χ0n) is 23.4.